The number of rotatable bonds is 6. The van der Waals surface area contributed by atoms with Gasteiger partial charge in [0.2, 0.25) is 0 Å². The van der Waals surface area contributed by atoms with E-state index in [-0.39, 0.29) is 0 Å². The molecule has 0 amide bonds. The molecular formula is C14H26N2. The molecule has 0 rings (SSSR count). The molecule has 0 spiro atoms. The molecule has 0 aromatic rings. The third-order valence-electron chi connectivity index (χ3n) is 2.07. The first-order valence-electron chi connectivity index (χ1n) is 5.94. The Morgan fingerprint density at radius 3 is 2.00 bits per heavy atom. The van der Waals surface area contributed by atoms with Crippen LogP contribution < -0.4 is 0 Å². The first-order valence-corrected chi connectivity index (χ1v) is 5.94. The minimum Gasteiger partial charge on any atom is -0.372 e. The first kappa shape index (κ1) is 17.1. The zero-order valence-electron chi connectivity index (χ0n) is 11.5. The van der Waals surface area contributed by atoms with Gasteiger partial charge in [-0.05, 0) is 39.6 Å². The van der Waals surface area contributed by atoms with E-state index in [1.54, 1.807) is 0 Å². The highest BCUT2D eigenvalue weighted by Gasteiger charge is 1.99. The highest BCUT2D eigenvalue weighted by Crippen LogP contribution is 2.07. The third kappa shape index (κ3) is 7.04. The van der Waals surface area contributed by atoms with Gasteiger partial charge in [0.05, 0.1) is 5.70 Å². The van der Waals surface area contributed by atoms with Gasteiger partial charge >= 0.3 is 0 Å². The lowest BCUT2D eigenvalue weighted by Gasteiger charge is -2.21. The van der Waals surface area contributed by atoms with Crippen molar-refractivity contribution in [3.63, 3.8) is 0 Å². The smallest absolute Gasteiger partial charge is 0.0551 e. The van der Waals surface area contributed by atoms with Crippen LogP contribution in [0.15, 0.2) is 41.2 Å². The monoisotopic (exact) mass is 222 g/mol. The zero-order valence-corrected chi connectivity index (χ0v) is 11.5. The van der Waals surface area contributed by atoms with Crippen LogP contribution in [-0.4, -0.2) is 24.7 Å². The second-order valence-electron chi connectivity index (χ2n) is 2.87. The van der Waals surface area contributed by atoms with Gasteiger partial charge in [-0.15, -0.1) is 0 Å². The molecule has 0 unspecified atom stereocenters. The van der Waals surface area contributed by atoms with Crippen molar-refractivity contribution in [2.75, 3.05) is 13.1 Å². The van der Waals surface area contributed by atoms with Crippen molar-refractivity contribution in [1.82, 2.24) is 4.90 Å². The van der Waals surface area contributed by atoms with Crippen molar-refractivity contribution >= 4 is 6.72 Å². The van der Waals surface area contributed by atoms with Gasteiger partial charge in [0, 0.05) is 18.8 Å². The van der Waals surface area contributed by atoms with Crippen LogP contribution in [0.2, 0.25) is 0 Å². The first-order chi connectivity index (χ1) is 7.69. The lowest BCUT2D eigenvalue weighted by molar-refractivity contribution is 0.394. The second-order valence-corrected chi connectivity index (χ2v) is 2.87. The van der Waals surface area contributed by atoms with Gasteiger partial charge in [-0.25, -0.2) is 0 Å². The maximum atomic E-state index is 3.73. The highest BCUT2D eigenvalue weighted by molar-refractivity contribution is 5.33. The molecule has 0 aliphatic carbocycles. The van der Waals surface area contributed by atoms with Crippen molar-refractivity contribution in [1.29, 1.82) is 0 Å². The molecule has 0 fully saturated rings. The molecule has 0 saturated carbocycles. The minimum absolute atomic E-state index is 0.691. The number of hydrogen-bond donors (Lipinski definition) is 0. The molecule has 16 heavy (non-hydrogen) atoms. The molecule has 0 bridgehead atoms. The quantitative estimate of drug-likeness (QED) is 0.489. The van der Waals surface area contributed by atoms with E-state index in [0.29, 0.717) is 5.70 Å². The molecular weight excluding hydrogens is 196 g/mol. The topological polar surface area (TPSA) is 15.6 Å². The van der Waals surface area contributed by atoms with Crippen LogP contribution in [0, 0.1) is 0 Å². The van der Waals surface area contributed by atoms with Crippen molar-refractivity contribution < 1.29 is 0 Å². The Bertz CT molecular complexity index is 245. The van der Waals surface area contributed by atoms with E-state index in [4.69, 9.17) is 0 Å². The SMILES string of the molecule is C=NC(=C)/C=C\C(=C/C)N(CC)CC.CC. The largest absolute Gasteiger partial charge is 0.372 e. The summed E-state index contributed by atoms with van der Waals surface area (Å²) in [6.07, 6.45) is 5.98. The molecule has 2 heteroatoms. The number of allylic oxidation sites excluding steroid dienone is 3. The van der Waals surface area contributed by atoms with Crippen molar-refractivity contribution in [2.24, 2.45) is 4.99 Å². The van der Waals surface area contributed by atoms with E-state index in [9.17, 15) is 0 Å². The van der Waals surface area contributed by atoms with Crippen molar-refractivity contribution in [3.8, 4) is 0 Å². The molecule has 0 N–H and O–H groups in total. The van der Waals surface area contributed by atoms with Crippen molar-refractivity contribution in [3.05, 3.63) is 36.2 Å². The minimum atomic E-state index is 0.691. The standard InChI is InChI=1S/C12H20N2.C2H6/c1-6-12(14(7-2)8-3)10-9-11(4)13-5;1-2/h6,9-10H,4-5,7-8H2,1-3H3;1-2H3/b10-9-,12-6+;. The number of likely N-dealkylation sites (N-methyl/N-ethyl adjacent to an activating group) is 1. The number of nitrogens with zero attached hydrogens (tertiary/aromatic N) is 2. The van der Waals surface area contributed by atoms with Crippen LogP contribution in [-0.2, 0) is 0 Å². The average Bonchev–Trinajstić information content (AvgIpc) is 2.36. The van der Waals surface area contributed by atoms with Crippen LogP contribution in [0.5, 0.6) is 0 Å². The summed E-state index contributed by atoms with van der Waals surface area (Å²) in [5.74, 6) is 0. The molecule has 0 heterocycles. The molecule has 0 aromatic carbocycles. The summed E-state index contributed by atoms with van der Waals surface area (Å²) in [5, 5.41) is 0. The Balaban J connectivity index is 0. The molecule has 0 atom stereocenters. The summed E-state index contributed by atoms with van der Waals surface area (Å²) in [5.41, 5.74) is 1.89. The van der Waals surface area contributed by atoms with E-state index in [1.807, 2.05) is 32.9 Å². The molecule has 0 aromatic heterocycles. The highest BCUT2D eigenvalue weighted by atomic mass is 15.1. The van der Waals surface area contributed by atoms with Gasteiger partial charge in [-0.3, -0.25) is 4.99 Å². The Hall–Kier alpha value is -1.31. The van der Waals surface area contributed by atoms with E-state index < -0.39 is 0 Å². The summed E-state index contributed by atoms with van der Waals surface area (Å²) in [4.78, 5) is 6.00. The van der Waals surface area contributed by atoms with Gasteiger partial charge in [-0.2, -0.15) is 0 Å². The fraction of sp³-hybridized carbons (Fsp3) is 0.500. The van der Waals surface area contributed by atoms with E-state index >= 15 is 0 Å². The van der Waals surface area contributed by atoms with Crippen LogP contribution in [0.3, 0.4) is 0 Å². The second kappa shape index (κ2) is 11.8. The van der Waals surface area contributed by atoms with E-state index in [0.717, 1.165) is 13.1 Å². The van der Waals surface area contributed by atoms with Crippen LogP contribution in [0.25, 0.3) is 0 Å². The lowest BCUT2D eigenvalue weighted by atomic mass is 10.3. The van der Waals surface area contributed by atoms with Crippen LogP contribution in [0.1, 0.15) is 34.6 Å². The molecule has 2 nitrogen and oxygen atoms in total. The Labute approximate surface area is 101 Å². The Kier molecular flexibility index (Phi) is 12.6. The zero-order chi connectivity index (χ0) is 13.0. The molecule has 92 valence electrons. The predicted molar refractivity (Wildman–Crippen MR) is 75.9 cm³/mol. The van der Waals surface area contributed by atoms with E-state index in [1.165, 1.54) is 5.70 Å². The summed E-state index contributed by atoms with van der Waals surface area (Å²) in [6.45, 7) is 19.5. The summed E-state index contributed by atoms with van der Waals surface area (Å²) in [6, 6.07) is 0. The van der Waals surface area contributed by atoms with Crippen molar-refractivity contribution in [2.45, 2.75) is 34.6 Å². The predicted octanol–water partition coefficient (Wildman–Crippen LogP) is 4.03. The fourth-order valence-corrected chi connectivity index (χ4v) is 1.21. The van der Waals surface area contributed by atoms with Gasteiger partial charge < -0.3 is 4.90 Å². The molecule has 0 radical (unpaired) electrons. The Morgan fingerprint density at radius 1 is 1.19 bits per heavy atom. The van der Waals surface area contributed by atoms with E-state index in [2.05, 4.69) is 43.1 Å². The lowest BCUT2D eigenvalue weighted by Crippen LogP contribution is -2.20. The Morgan fingerprint density at radius 2 is 1.69 bits per heavy atom. The maximum absolute atomic E-state index is 3.73. The fourth-order valence-electron chi connectivity index (χ4n) is 1.21. The van der Waals surface area contributed by atoms with Crippen LogP contribution >= 0.6 is 0 Å². The summed E-state index contributed by atoms with van der Waals surface area (Å²) >= 11 is 0. The summed E-state index contributed by atoms with van der Waals surface area (Å²) in [7, 11) is 0. The maximum Gasteiger partial charge on any atom is 0.0551 e. The number of hydrogen-bond acceptors (Lipinski definition) is 2. The number of aliphatic imine (C=N–C) groups is 1. The third-order valence-corrected chi connectivity index (χ3v) is 2.07. The van der Waals surface area contributed by atoms with Gasteiger partial charge in [-0.1, -0.05) is 26.5 Å². The van der Waals surface area contributed by atoms with Gasteiger partial charge in [0.1, 0.15) is 0 Å². The summed E-state index contributed by atoms with van der Waals surface area (Å²) < 4.78 is 0. The molecule has 0 aliphatic rings. The average molecular weight is 222 g/mol. The van der Waals surface area contributed by atoms with Gasteiger partial charge in [0.25, 0.3) is 0 Å². The molecule has 0 saturated heterocycles. The van der Waals surface area contributed by atoms with Gasteiger partial charge in [0.15, 0.2) is 0 Å². The molecule has 0 aliphatic heterocycles. The van der Waals surface area contributed by atoms with Crippen LogP contribution in [0.4, 0.5) is 0 Å². The normalized spacial score (nSPS) is 10.7.